The molecule has 0 bridgehead atoms. The summed E-state index contributed by atoms with van der Waals surface area (Å²) in [6.07, 6.45) is -0.0258. The Morgan fingerprint density at radius 3 is 2.47 bits per heavy atom. The van der Waals surface area contributed by atoms with Crippen LogP contribution < -0.4 is 10.5 Å². The Bertz CT molecular complexity index is 507. The van der Waals surface area contributed by atoms with Gasteiger partial charge in [-0.25, -0.2) is 0 Å². The molecule has 0 aliphatic heterocycles. The molecule has 0 aliphatic rings. The molecule has 2 N–H and O–H groups in total. The number of ether oxygens (including phenoxy) is 2. The van der Waals surface area contributed by atoms with E-state index in [9.17, 15) is 0 Å². The van der Waals surface area contributed by atoms with Crippen LogP contribution in [0.25, 0.3) is 0 Å². The normalized spacial score (nSPS) is 12.4. The fraction of sp³-hybridized carbons (Fsp3) is 0.333. The Labute approximate surface area is 118 Å². The van der Waals surface area contributed by atoms with Crippen LogP contribution in [0.2, 0.25) is 0 Å². The number of hydrogen-bond donors (Lipinski definition) is 1. The van der Waals surface area contributed by atoms with Gasteiger partial charge >= 0.3 is 0 Å². The molecule has 2 aromatic rings. The van der Waals surface area contributed by atoms with Crippen molar-refractivity contribution in [2.45, 2.75) is 19.6 Å². The number of thiophene rings is 1. The van der Waals surface area contributed by atoms with Crippen LogP contribution in [0.1, 0.15) is 22.1 Å². The summed E-state index contributed by atoms with van der Waals surface area (Å²) in [7, 11) is 1.66. The molecule has 3 nitrogen and oxygen atoms in total. The van der Waals surface area contributed by atoms with Gasteiger partial charge < -0.3 is 15.2 Å². The molecular weight excluding hydrogens is 258 g/mol. The topological polar surface area (TPSA) is 44.5 Å². The summed E-state index contributed by atoms with van der Waals surface area (Å²) in [6, 6.07) is 9.99. The Kier molecular flexibility index (Phi) is 4.96. The Morgan fingerprint density at radius 2 is 1.95 bits per heavy atom. The second-order valence-electron chi connectivity index (χ2n) is 4.35. The molecular formula is C15H19NO2S. The molecule has 0 amide bonds. The van der Waals surface area contributed by atoms with Gasteiger partial charge in [-0.2, -0.15) is 0 Å². The van der Waals surface area contributed by atoms with Crippen LogP contribution in [0.15, 0.2) is 35.7 Å². The van der Waals surface area contributed by atoms with Crippen molar-refractivity contribution >= 4 is 11.3 Å². The lowest BCUT2D eigenvalue weighted by molar-refractivity contribution is 0.0476. The first kappa shape index (κ1) is 14.1. The first-order chi connectivity index (χ1) is 9.24. The molecule has 1 aromatic carbocycles. The maximum absolute atomic E-state index is 5.92. The summed E-state index contributed by atoms with van der Waals surface area (Å²) >= 11 is 1.70. The van der Waals surface area contributed by atoms with E-state index in [1.165, 1.54) is 10.4 Å². The van der Waals surface area contributed by atoms with Gasteiger partial charge in [0.1, 0.15) is 11.9 Å². The molecule has 0 saturated heterocycles. The van der Waals surface area contributed by atoms with E-state index >= 15 is 0 Å². The average Bonchev–Trinajstić information content (AvgIpc) is 2.87. The predicted octanol–water partition coefficient (Wildman–Crippen LogP) is 3.28. The Hall–Kier alpha value is -1.36. The van der Waals surface area contributed by atoms with Gasteiger partial charge in [-0.1, -0.05) is 12.1 Å². The van der Waals surface area contributed by atoms with Crippen molar-refractivity contribution in [3.05, 3.63) is 51.7 Å². The molecule has 0 aliphatic carbocycles. The van der Waals surface area contributed by atoms with Crippen LogP contribution in [0.3, 0.4) is 0 Å². The van der Waals surface area contributed by atoms with E-state index < -0.39 is 0 Å². The van der Waals surface area contributed by atoms with Crippen LogP contribution in [-0.2, 0) is 11.3 Å². The molecule has 4 heteroatoms. The number of benzene rings is 1. The van der Waals surface area contributed by atoms with Gasteiger partial charge in [0, 0.05) is 11.4 Å². The van der Waals surface area contributed by atoms with Crippen molar-refractivity contribution < 1.29 is 9.47 Å². The van der Waals surface area contributed by atoms with Gasteiger partial charge in [0.2, 0.25) is 0 Å². The second-order valence-corrected chi connectivity index (χ2v) is 5.30. The first-order valence-electron chi connectivity index (χ1n) is 6.23. The molecule has 1 heterocycles. The Morgan fingerprint density at radius 1 is 1.21 bits per heavy atom. The van der Waals surface area contributed by atoms with Gasteiger partial charge in [0.05, 0.1) is 13.7 Å². The minimum atomic E-state index is -0.0258. The fourth-order valence-electron chi connectivity index (χ4n) is 1.88. The predicted molar refractivity (Wildman–Crippen MR) is 78.6 cm³/mol. The highest BCUT2D eigenvalue weighted by molar-refractivity contribution is 7.10. The zero-order valence-corrected chi connectivity index (χ0v) is 12.1. The molecule has 1 aromatic heterocycles. The number of nitrogens with two attached hydrogens (primary N) is 1. The molecule has 0 radical (unpaired) electrons. The molecule has 1 unspecified atom stereocenters. The van der Waals surface area contributed by atoms with E-state index in [4.69, 9.17) is 15.2 Å². The van der Waals surface area contributed by atoms with E-state index in [-0.39, 0.29) is 6.10 Å². The van der Waals surface area contributed by atoms with Gasteiger partial charge in [-0.05, 0) is 41.6 Å². The maximum atomic E-state index is 5.92. The van der Waals surface area contributed by atoms with Crippen molar-refractivity contribution in [3.63, 3.8) is 0 Å². The van der Waals surface area contributed by atoms with Crippen LogP contribution >= 0.6 is 11.3 Å². The van der Waals surface area contributed by atoms with Crippen molar-refractivity contribution in [1.29, 1.82) is 0 Å². The first-order valence-corrected chi connectivity index (χ1v) is 7.11. The third-order valence-corrected chi connectivity index (χ3v) is 4.13. The highest BCUT2D eigenvalue weighted by atomic mass is 32.1. The lowest BCUT2D eigenvalue weighted by atomic mass is 10.2. The number of aryl methyl sites for hydroxylation is 1. The smallest absolute Gasteiger partial charge is 0.118 e. The summed E-state index contributed by atoms with van der Waals surface area (Å²) in [6.45, 7) is 3.14. The van der Waals surface area contributed by atoms with E-state index in [1.54, 1.807) is 18.4 Å². The average molecular weight is 277 g/mol. The maximum Gasteiger partial charge on any atom is 0.118 e. The van der Waals surface area contributed by atoms with Crippen molar-refractivity contribution in [2.24, 2.45) is 5.73 Å². The molecule has 19 heavy (non-hydrogen) atoms. The molecule has 0 fully saturated rings. The highest BCUT2D eigenvalue weighted by Gasteiger charge is 2.14. The van der Waals surface area contributed by atoms with Crippen molar-refractivity contribution in [3.8, 4) is 5.75 Å². The van der Waals surface area contributed by atoms with E-state index in [2.05, 4.69) is 18.4 Å². The molecule has 1 atom stereocenters. The minimum Gasteiger partial charge on any atom is -0.497 e. The standard InChI is InChI=1S/C15H19NO2S/c1-11-7-8-19-15(11)14(9-16)18-10-12-3-5-13(17-2)6-4-12/h3-8,14H,9-10,16H2,1-2H3. The fourth-order valence-corrected chi connectivity index (χ4v) is 2.87. The highest BCUT2D eigenvalue weighted by Crippen LogP contribution is 2.27. The number of methoxy groups -OCH3 is 1. The lowest BCUT2D eigenvalue weighted by Gasteiger charge is -2.16. The number of hydrogen-bond acceptors (Lipinski definition) is 4. The van der Waals surface area contributed by atoms with Gasteiger partial charge in [0.15, 0.2) is 0 Å². The largest absolute Gasteiger partial charge is 0.497 e. The van der Waals surface area contributed by atoms with Crippen molar-refractivity contribution in [2.75, 3.05) is 13.7 Å². The quantitative estimate of drug-likeness (QED) is 0.881. The summed E-state index contributed by atoms with van der Waals surface area (Å²) in [5, 5.41) is 2.07. The lowest BCUT2D eigenvalue weighted by Crippen LogP contribution is -2.15. The second kappa shape index (κ2) is 6.70. The number of rotatable bonds is 6. The van der Waals surface area contributed by atoms with Crippen LogP contribution in [-0.4, -0.2) is 13.7 Å². The van der Waals surface area contributed by atoms with Crippen LogP contribution in [0.4, 0.5) is 0 Å². The van der Waals surface area contributed by atoms with Crippen molar-refractivity contribution in [1.82, 2.24) is 0 Å². The van der Waals surface area contributed by atoms with E-state index in [0.29, 0.717) is 13.2 Å². The summed E-state index contributed by atoms with van der Waals surface area (Å²) in [5.74, 6) is 0.855. The summed E-state index contributed by atoms with van der Waals surface area (Å²) in [4.78, 5) is 1.22. The van der Waals surface area contributed by atoms with Gasteiger partial charge in [-0.3, -0.25) is 0 Å². The monoisotopic (exact) mass is 277 g/mol. The molecule has 0 saturated carbocycles. The minimum absolute atomic E-state index is 0.0258. The van der Waals surface area contributed by atoms with Crippen LogP contribution in [0, 0.1) is 6.92 Å². The van der Waals surface area contributed by atoms with Gasteiger partial charge in [-0.15, -0.1) is 11.3 Å². The summed E-state index contributed by atoms with van der Waals surface area (Å²) < 4.78 is 11.1. The zero-order chi connectivity index (χ0) is 13.7. The van der Waals surface area contributed by atoms with Gasteiger partial charge in [0.25, 0.3) is 0 Å². The molecule has 102 valence electrons. The van der Waals surface area contributed by atoms with Crippen LogP contribution in [0.5, 0.6) is 5.75 Å². The van der Waals surface area contributed by atoms with E-state index in [0.717, 1.165) is 11.3 Å². The Balaban J connectivity index is 1.98. The van der Waals surface area contributed by atoms with E-state index in [1.807, 2.05) is 24.3 Å². The third kappa shape index (κ3) is 3.56. The SMILES string of the molecule is COc1ccc(COC(CN)c2sccc2C)cc1. The molecule has 0 spiro atoms. The molecule has 2 rings (SSSR count). The summed E-state index contributed by atoms with van der Waals surface area (Å²) in [5.41, 5.74) is 8.17. The zero-order valence-electron chi connectivity index (χ0n) is 11.3. The third-order valence-electron chi connectivity index (χ3n) is 3.02.